The zero-order valence-electron chi connectivity index (χ0n) is 15.0. The summed E-state index contributed by atoms with van der Waals surface area (Å²) in [4.78, 5) is 3.75. The molecule has 2 aromatic rings. The van der Waals surface area contributed by atoms with Crippen LogP contribution >= 0.6 is 0 Å². The first-order valence-electron chi connectivity index (χ1n) is 8.84. The van der Waals surface area contributed by atoms with Crippen LogP contribution in [-0.4, -0.2) is 18.9 Å². The van der Waals surface area contributed by atoms with Gasteiger partial charge in [-0.2, -0.15) is 34.8 Å². The molecule has 1 heterocycles. The van der Waals surface area contributed by atoms with Crippen molar-refractivity contribution in [2.75, 3.05) is 5.32 Å². The van der Waals surface area contributed by atoms with Crippen molar-refractivity contribution in [1.29, 1.82) is 0 Å². The van der Waals surface area contributed by atoms with Crippen molar-refractivity contribution in [2.24, 2.45) is 0 Å². The number of pyridine rings is 1. The Morgan fingerprint density at radius 1 is 1.03 bits per heavy atom. The lowest BCUT2D eigenvalue weighted by molar-refractivity contribution is -0.137. The SMILES string of the molecule is O=S(=O)(Oc1ncc(Nc2cccc(C(F)(F)F)c2)c2c1C1CCC2C1)C(F)(F)F. The molecule has 12 heteroatoms. The highest BCUT2D eigenvalue weighted by Crippen LogP contribution is 2.58. The van der Waals surface area contributed by atoms with Gasteiger partial charge in [0.2, 0.25) is 5.88 Å². The fourth-order valence-electron chi connectivity index (χ4n) is 4.11. The Morgan fingerprint density at radius 2 is 1.70 bits per heavy atom. The van der Waals surface area contributed by atoms with Gasteiger partial charge < -0.3 is 9.50 Å². The molecule has 0 aliphatic heterocycles. The van der Waals surface area contributed by atoms with Crippen LogP contribution in [0, 0.1) is 0 Å². The Kier molecular flexibility index (Phi) is 4.68. The molecule has 30 heavy (non-hydrogen) atoms. The van der Waals surface area contributed by atoms with Crippen molar-refractivity contribution in [3.63, 3.8) is 0 Å². The number of nitrogens with one attached hydrogen (secondary N) is 1. The number of anilines is 2. The quantitative estimate of drug-likeness (QED) is 0.380. The zero-order valence-corrected chi connectivity index (χ0v) is 15.8. The first kappa shape index (κ1) is 20.8. The molecule has 2 bridgehead atoms. The van der Waals surface area contributed by atoms with Crippen molar-refractivity contribution in [3.8, 4) is 5.88 Å². The van der Waals surface area contributed by atoms with Crippen LogP contribution in [0.3, 0.4) is 0 Å². The Bertz CT molecular complexity index is 1100. The second-order valence-corrected chi connectivity index (χ2v) is 8.74. The summed E-state index contributed by atoms with van der Waals surface area (Å²) >= 11 is 0. The lowest BCUT2D eigenvalue weighted by Gasteiger charge is -2.22. The number of fused-ring (bicyclic) bond motifs is 5. The van der Waals surface area contributed by atoms with E-state index in [2.05, 4.69) is 14.5 Å². The van der Waals surface area contributed by atoms with Crippen LogP contribution in [0.4, 0.5) is 37.7 Å². The van der Waals surface area contributed by atoms with Gasteiger partial charge in [0.1, 0.15) is 0 Å². The van der Waals surface area contributed by atoms with Crippen molar-refractivity contribution in [1.82, 2.24) is 4.98 Å². The molecule has 5 nitrogen and oxygen atoms in total. The molecule has 0 amide bonds. The van der Waals surface area contributed by atoms with Gasteiger partial charge in [-0.05, 0) is 54.9 Å². The summed E-state index contributed by atoms with van der Waals surface area (Å²) < 4.78 is 104. The largest absolute Gasteiger partial charge is 0.534 e. The van der Waals surface area contributed by atoms with Gasteiger partial charge in [-0.25, -0.2) is 4.98 Å². The fraction of sp³-hybridized carbons (Fsp3) is 0.389. The van der Waals surface area contributed by atoms with Crippen LogP contribution in [0.1, 0.15) is 47.8 Å². The molecule has 2 aliphatic carbocycles. The molecule has 2 aliphatic rings. The van der Waals surface area contributed by atoms with E-state index in [9.17, 15) is 34.8 Å². The summed E-state index contributed by atoms with van der Waals surface area (Å²) in [6.45, 7) is 0. The van der Waals surface area contributed by atoms with E-state index in [1.54, 1.807) is 0 Å². The molecule has 1 fully saturated rings. The molecule has 1 saturated carbocycles. The third kappa shape index (κ3) is 3.57. The van der Waals surface area contributed by atoms with Crippen LogP contribution < -0.4 is 9.50 Å². The van der Waals surface area contributed by atoms with Gasteiger partial charge in [0.25, 0.3) is 0 Å². The number of rotatable bonds is 4. The first-order chi connectivity index (χ1) is 13.9. The van der Waals surface area contributed by atoms with Crippen molar-refractivity contribution >= 4 is 21.5 Å². The predicted octanol–water partition coefficient (Wildman–Crippen LogP) is 5.44. The zero-order chi connectivity index (χ0) is 21.9. The molecule has 1 aromatic heterocycles. The summed E-state index contributed by atoms with van der Waals surface area (Å²) in [5, 5.41) is 2.83. The lowest BCUT2D eigenvalue weighted by Crippen LogP contribution is -2.29. The van der Waals surface area contributed by atoms with Crippen LogP contribution in [-0.2, 0) is 16.3 Å². The molecule has 4 rings (SSSR count). The van der Waals surface area contributed by atoms with Crippen molar-refractivity contribution < 1.29 is 38.9 Å². The molecule has 2 atom stereocenters. The predicted molar refractivity (Wildman–Crippen MR) is 93.9 cm³/mol. The first-order valence-corrected chi connectivity index (χ1v) is 10.3. The summed E-state index contributed by atoms with van der Waals surface area (Å²) in [7, 11) is -5.89. The fourth-order valence-corrected chi connectivity index (χ4v) is 4.54. The Hall–Kier alpha value is -2.50. The van der Waals surface area contributed by atoms with E-state index in [4.69, 9.17) is 0 Å². The molecule has 0 radical (unpaired) electrons. The highest BCUT2D eigenvalue weighted by molar-refractivity contribution is 7.87. The maximum absolute atomic E-state index is 13.0. The Balaban J connectivity index is 1.73. The smallest absolute Gasteiger partial charge is 0.355 e. The number of hydrogen-bond donors (Lipinski definition) is 1. The summed E-state index contributed by atoms with van der Waals surface area (Å²) in [6, 6.07) is 4.44. The average molecular weight is 452 g/mol. The number of hydrogen-bond acceptors (Lipinski definition) is 5. The van der Waals surface area contributed by atoms with E-state index in [0.29, 0.717) is 24.1 Å². The van der Waals surface area contributed by atoms with Crippen LogP contribution in [0.2, 0.25) is 0 Å². The third-order valence-electron chi connectivity index (χ3n) is 5.31. The number of halogens is 6. The average Bonchev–Trinajstić information content (AvgIpc) is 3.24. The van der Waals surface area contributed by atoms with Crippen LogP contribution in [0.5, 0.6) is 5.88 Å². The van der Waals surface area contributed by atoms with Gasteiger partial charge in [-0.3, -0.25) is 0 Å². The van der Waals surface area contributed by atoms with Gasteiger partial charge >= 0.3 is 21.8 Å². The molecule has 1 N–H and O–H groups in total. The molecule has 2 unspecified atom stereocenters. The summed E-state index contributed by atoms with van der Waals surface area (Å²) in [5.41, 5.74) is -5.24. The van der Waals surface area contributed by atoms with E-state index in [-0.39, 0.29) is 23.1 Å². The van der Waals surface area contributed by atoms with E-state index in [0.717, 1.165) is 24.8 Å². The van der Waals surface area contributed by atoms with Gasteiger partial charge in [0.15, 0.2) is 0 Å². The Morgan fingerprint density at radius 3 is 2.33 bits per heavy atom. The molecular weight excluding hydrogens is 438 g/mol. The number of benzene rings is 1. The normalized spacial score (nSPS) is 20.9. The van der Waals surface area contributed by atoms with Gasteiger partial charge in [-0.15, -0.1) is 0 Å². The van der Waals surface area contributed by atoms with Gasteiger partial charge in [0, 0.05) is 11.3 Å². The van der Waals surface area contributed by atoms with Crippen molar-refractivity contribution in [3.05, 3.63) is 47.2 Å². The van der Waals surface area contributed by atoms with E-state index >= 15 is 0 Å². The highest BCUT2D eigenvalue weighted by Gasteiger charge is 2.50. The topological polar surface area (TPSA) is 68.3 Å². The monoisotopic (exact) mass is 452 g/mol. The maximum Gasteiger partial charge on any atom is 0.534 e. The minimum absolute atomic E-state index is 0.0720. The van der Waals surface area contributed by atoms with E-state index < -0.39 is 33.2 Å². The standard InChI is InChI=1S/C18H14F6N2O3S/c19-17(20,21)11-2-1-3-12(7-11)26-13-8-25-16(29-30(27,28)18(22,23)24)15-10-5-4-9(6-10)14(13)15/h1-3,7-10,26H,4-6H2. The number of alkyl halides is 6. The molecule has 0 saturated heterocycles. The summed E-state index contributed by atoms with van der Waals surface area (Å²) in [5.74, 6) is -0.930. The van der Waals surface area contributed by atoms with Crippen molar-refractivity contribution in [2.45, 2.75) is 42.8 Å². The van der Waals surface area contributed by atoms with E-state index in [1.807, 2.05) is 0 Å². The summed E-state index contributed by atoms with van der Waals surface area (Å²) in [6.07, 6.45) is -1.51. The number of nitrogens with zero attached hydrogens (tertiary/aromatic N) is 1. The molecule has 1 aromatic carbocycles. The second kappa shape index (κ2) is 6.76. The highest BCUT2D eigenvalue weighted by atomic mass is 32.2. The Labute approximate surface area is 167 Å². The second-order valence-electron chi connectivity index (χ2n) is 7.20. The lowest BCUT2D eigenvalue weighted by atomic mass is 9.91. The van der Waals surface area contributed by atoms with Crippen LogP contribution in [0.25, 0.3) is 0 Å². The molecule has 162 valence electrons. The minimum Gasteiger partial charge on any atom is -0.355 e. The van der Waals surface area contributed by atoms with Crippen LogP contribution in [0.15, 0.2) is 30.5 Å². The van der Waals surface area contributed by atoms with Gasteiger partial charge in [0.05, 0.1) is 17.4 Å². The molecule has 0 spiro atoms. The minimum atomic E-state index is -5.89. The number of aromatic nitrogens is 1. The maximum atomic E-state index is 13.0. The van der Waals surface area contributed by atoms with E-state index in [1.165, 1.54) is 12.1 Å². The molecular formula is C18H14F6N2O3S. The third-order valence-corrected chi connectivity index (χ3v) is 6.26. The van der Waals surface area contributed by atoms with Gasteiger partial charge in [-0.1, -0.05) is 6.07 Å².